The monoisotopic (exact) mass is 520 g/mol. The average molecular weight is 521 g/mol. The van der Waals surface area contributed by atoms with Gasteiger partial charge in [0.25, 0.3) is 0 Å². The molecule has 0 saturated carbocycles. The van der Waals surface area contributed by atoms with Crippen molar-refractivity contribution in [2.45, 2.75) is 52.1 Å². The minimum Gasteiger partial charge on any atom is -0.354 e. The number of carbonyl (C=O) groups excluding carboxylic acids is 2. The number of benzene rings is 3. The first kappa shape index (κ1) is 25.7. The molecule has 34 heavy (non-hydrogen) atoms. The average Bonchev–Trinajstić information content (AvgIpc) is 2.86. The van der Waals surface area contributed by atoms with Crippen LogP contribution in [0.25, 0.3) is 0 Å². The molecule has 3 aromatic rings. The van der Waals surface area contributed by atoms with Gasteiger partial charge < -0.3 is 10.2 Å². The number of aryl methyl sites for hydroxylation is 2. The Morgan fingerprint density at radius 1 is 0.882 bits per heavy atom. The molecule has 1 atom stereocenters. The Labute approximate surface area is 211 Å². The maximum atomic E-state index is 13.6. The fourth-order valence-corrected chi connectivity index (χ4v) is 4.12. The first-order valence-electron chi connectivity index (χ1n) is 11.9. The zero-order chi connectivity index (χ0) is 24.3. The molecule has 0 spiro atoms. The molecule has 178 valence electrons. The van der Waals surface area contributed by atoms with E-state index in [1.807, 2.05) is 61.5 Å². The van der Waals surface area contributed by atoms with E-state index in [1.54, 1.807) is 4.90 Å². The second-order valence-electron chi connectivity index (χ2n) is 8.63. The Bertz CT molecular complexity index is 1050. The minimum absolute atomic E-state index is 0.0175. The Hall–Kier alpha value is -2.92. The summed E-state index contributed by atoms with van der Waals surface area (Å²) >= 11 is 3.48. The summed E-state index contributed by atoms with van der Waals surface area (Å²) in [6, 6.07) is 25.5. The predicted octanol–water partition coefficient (Wildman–Crippen LogP) is 5.86. The number of hydrogen-bond donors (Lipinski definition) is 1. The van der Waals surface area contributed by atoms with E-state index in [9.17, 15) is 9.59 Å². The molecule has 0 heterocycles. The lowest BCUT2D eigenvalue weighted by Gasteiger charge is -2.31. The number of hydrogen-bond acceptors (Lipinski definition) is 2. The van der Waals surface area contributed by atoms with Crippen LogP contribution >= 0.6 is 15.9 Å². The fourth-order valence-electron chi connectivity index (χ4n) is 3.86. The van der Waals surface area contributed by atoms with E-state index >= 15 is 0 Å². The quantitative estimate of drug-likeness (QED) is 0.344. The molecule has 0 fully saturated rings. The lowest BCUT2D eigenvalue weighted by atomic mass is 10.0. The van der Waals surface area contributed by atoms with Crippen LogP contribution in [-0.4, -0.2) is 29.3 Å². The van der Waals surface area contributed by atoms with Crippen LogP contribution in [0.2, 0.25) is 0 Å². The molecular formula is C29H33BrN2O2. The fraction of sp³-hybridized carbons (Fsp3) is 0.310. The molecule has 3 aromatic carbocycles. The van der Waals surface area contributed by atoms with Crippen LogP contribution < -0.4 is 5.32 Å². The van der Waals surface area contributed by atoms with Crippen molar-refractivity contribution in [3.63, 3.8) is 0 Å². The molecule has 5 heteroatoms. The largest absolute Gasteiger partial charge is 0.354 e. The van der Waals surface area contributed by atoms with Gasteiger partial charge in [-0.3, -0.25) is 9.59 Å². The second kappa shape index (κ2) is 13.1. The van der Waals surface area contributed by atoms with E-state index in [1.165, 1.54) is 5.56 Å². The van der Waals surface area contributed by atoms with Gasteiger partial charge in [-0.2, -0.15) is 0 Å². The summed E-state index contributed by atoms with van der Waals surface area (Å²) in [5.41, 5.74) is 4.35. The van der Waals surface area contributed by atoms with Crippen LogP contribution in [0.15, 0.2) is 83.3 Å². The first-order chi connectivity index (χ1) is 16.5. The number of nitrogens with one attached hydrogen (secondary N) is 1. The molecular weight excluding hydrogens is 488 g/mol. The zero-order valence-electron chi connectivity index (χ0n) is 20.0. The third-order valence-corrected chi connectivity index (χ3v) is 6.36. The highest BCUT2D eigenvalue weighted by Crippen LogP contribution is 2.19. The number of amides is 2. The van der Waals surface area contributed by atoms with Gasteiger partial charge in [0.15, 0.2) is 0 Å². The Kier molecular flexibility index (Phi) is 9.89. The van der Waals surface area contributed by atoms with Crippen molar-refractivity contribution in [2.24, 2.45) is 0 Å². The van der Waals surface area contributed by atoms with E-state index in [2.05, 4.69) is 52.4 Å². The number of rotatable bonds is 11. The van der Waals surface area contributed by atoms with Crippen LogP contribution in [0.1, 0.15) is 42.0 Å². The van der Waals surface area contributed by atoms with Crippen molar-refractivity contribution < 1.29 is 9.59 Å². The zero-order valence-corrected chi connectivity index (χ0v) is 21.6. The van der Waals surface area contributed by atoms with Crippen molar-refractivity contribution in [3.8, 4) is 0 Å². The highest BCUT2D eigenvalue weighted by Gasteiger charge is 2.30. The van der Waals surface area contributed by atoms with Gasteiger partial charge in [-0.15, -0.1) is 0 Å². The minimum atomic E-state index is -0.580. The molecule has 0 radical (unpaired) electrons. The van der Waals surface area contributed by atoms with Crippen LogP contribution in [0.4, 0.5) is 0 Å². The molecule has 0 aliphatic carbocycles. The summed E-state index contributed by atoms with van der Waals surface area (Å²) in [7, 11) is 0. The SMILES string of the molecule is CCCNC(=O)[C@@H](Cc1ccccc1)N(Cc1ccc(Br)cc1)C(=O)CCc1ccc(C)cc1. The summed E-state index contributed by atoms with van der Waals surface area (Å²) in [6.45, 7) is 5.06. The molecule has 2 amide bonds. The van der Waals surface area contributed by atoms with E-state index in [0.717, 1.165) is 27.6 Å². The molecule has 0 bridgehead atoms. The molecule has 0 aromatic heterocycles. The van der Waals surface area contributed by atoms with E-state index in [4.69, 9.17) is 0 Å². The van der Waals surface area contributed by atoms with Gasteiger partial charge in [-0.05, 0) is 48.6 Å². The van der Waals surface area contributed by atoms with Gasteiger partial charge in [0.2, 0.25) is 11.8 Å². The Balaban J connectivity index is 1.87. The summed E-state index contributed by atoms with van der Waals surface area (Å²) in [5.74, 6) is -0.123. The van der Waals surface area contributed by atoms with Crippen molar-refractivity contribution in [3.05, 3.63) is 106 Å². The molecule has 0 aliphatic heterocycles. The molecule has 0 saturated heterocycles. The second-order valence-corrected chi connectivity index (χ2v) is 9.55. The van der Waals surface area contributed by atoms with Crippen molar-refractivity contribution in [1.29, 1.82) is 0 Å². The molecule has 1 N–H and O–H groups in total. The first-order valence-corrected chi connectivity index (χ1v) is 12.7. The predicted molar refractivity (Wildman–Crippen MR) is 141 cm³/mol. The van der Waals surface area contributed by atoms with E-state index in [0.29, 0.717) is 32.4 Å². The summed E-state index contributed by atoms with van der Waals surface area (Å²) in [4.78, 5) is 28.7. The van der Waals surface area contributed by atoms with Gasteiger partial charge in [0.05, 0.1) is 0 Å². The lowest BCUT2D eigenvalue weighted by molar-refractivity contribution is -0.141. The lowest BCUT2D eigenvalue weighted by Crippen LogP contribution is -2.50. The van der Waals surface area contributed by atoms with Crippen LogP contribution in [0.5, 0.6) is 0 Å². The smallest absolute Gasteiger partial charge is 0.243 e. The maximum Gasteiger partial charge on any atom is 0.243 e. The Morgan fingerprint density at radius 3 is 2.18 bits per heavy atom. The molecule has 3 rings (SSSR count). The van der Waals surface area contributed by atoms with Gasteiger partial charge >= 0.3 is 0 Å². The standard InChI is InChI=1S/C29H33BrN2O2/c1-3-19-31-29(34)27(20-24-7-5-4-6-8-24)32(21-25-13-16-26(30)17-14-25)28(33)18-15-23-11-9-22(2)10-12-23/h4-14,16-17,27H,3,15,18-21H2,1-2H3,(H,31,34)/t27-/m1/s1. The highest BCUT2D eigenvalue weighted by molar-refractivity contribution is 9.10. The summed E-state index contributed by atoms with van der Waals surface area (Å²) in [5, 5.41) is 3.02. The van der Waals surface area contributed by atoms with Crippen molar-refractivity contribution in [1.82, 2.24) is 10.2 Å². The van der Waals surface area contributed by atoms with Gasteiger partial charge in [0.1, 0.15) is 6.04 Å². The molecule has 0 aliphatic rings. The Morgan fingerprint density at radius 2 is 1.53 bits per heavy atom. The topological polar surface area (TPSA) is 49.4 Å². The number of carbonyl (C=O) groups is 2. The van der Waals surface area contributed by atoms with Crippen molar-refractivity contribution in [2.75, 3.05) is 6.54 Å². The maximum absolute atomic E-state index is 13.6. The van der Waals surface area contributed by atoms with Gasteiger partial charge in [-0.25, -0.2) is 0 Å². The molecule has 0 unspecified atom stereocenters. The van der Waals surface area contributed by atoms with Gasteiger partial charge in [-0.1, -0.05) is 95.1 Å². The third-order valence-electron chi connectivity index (χ3n) is 5.83. The highest BCUT2D eigenvalue weighted by atomic mass is 79.9. The van der Waals surface area contributed by atoms with Crippen LogP contribution in [0.3, 0.4) is 0 Å². The normalized spacial score (nSPS) is 11.6. The third kappa shape index (κ3) is 7.84. The van der Waals surface area contributed by atoms with E-state index < -0.39 is 6.04 Å². The summed E-state index contributed by atoms with van der Waals surface area (Å²) < 4.78 is 0.982. The van der Waals surface area contributed by atoms with Crippen molar-refractivity contribution >= 4 is 27.7 Å². The van der Waals surface area contributed by atoms with E-state index in [-0.39, 0.29) is 11.8 Å². The van der Waals surface area contributed by atoms with Crippen LogP contribution in [0, 0.1) is 6.92 Å². The number of halogens is 1. The summed E-state index contributed by atoms with van der Waals surface area (Å²) in [6.07, 6.45) is 2.32. The van der Waals surface area contributed by atoms with Crippen LogP contribution in [-0.2, 0) is 29.0 Å². The van der Waals surface area contributed by atoms with Gasteiger partial charge in [0, 0.05) is 30.4 Å². The number of nitrogens with zero attached hydrogens (tertiary/aromatic N) is 1. The molecule has 4 nitrogen and oxygen atoms in total.